The van der Waals surface area contributed by atoms with E-state index in [9.17, 15) is 15.2 Å². The summed E-state index contributed by atoms with van der Waals surface area (Å²) in [5, 5.41) is 27.6. The Bertz CT molecular complexity index is 664. The normalized spacial score (nSPS) is 11.2. The zero-order valence-electron chi connectivity index (χ0n) is 10.4. The SMILES string of the molecule is O=[N+]([O-])c1ccc(/C=N\N=C/c2ccccc2O)cc1. The van der Waals surface area contributed by atoms with Gasteiger partial charge in [-0.05, 0) is 29.8 Å². The summed E-state index contributed by atoms with van der Waals surface area (Å²) in [6, 6.07) is 12.7. The molecule has 2 aromatic rings. The van der Waals surface area contributed by atoms with E-state index in [1.807, 2.05) is 0 Å². The van der Waals surface area contributed by atoms with Gasteiger partial charge in [0.25, 0.3) is 5.69 Å². The molecule has 1 N–H and O–H groups in total. The van der Waals surface area contributed by atoms with Gasteiger partial charge < -0.3 is 5.11 Å². The van der Waals surface area contributed by atoms with Gasteiger partial charge in [-0.25, -0.2) is 0 Å². The predicted octanol–water partition coefficient (Wildman–Crippen LogP) is 2.75. The molecule has 0 spiro atoms. The summed E-state index contributed by atoms with van der Waals surface area (Å²) in [7, 11) is 0. The van der Waals surface area contributed by atoms with Crippen molar-refractivity contribution in [3.63, 3.8) is 0 Å². The maximum absolute atomic E-state index is 10.5. The molecule has 0 aliphatic rings. The molecule has 0 atom stereocenters. The van der Waals surface area contributed by atoms with Crippen LogP contribution in [0.15, 0.2) is 58.7 Å². The fourth-order valence-corrected chi connectivity index (χ4v) is 1.47. The highest BCUT2D eigenvalue weighted by Gasteiger charge is 2.02. The molecule has 6 heteroatoms. The van der Waals surface area contributed by atoms with E-state index in [1.54, 1.807) is 36.4 Å². The maximum Gasteiger partial charge on any atom is 0.269 e. The standard InChI is InChI=1S/C14H11N3O3/c18-14-4-2-1-3-12(14)10-16-15-9-11-5-7-13(8-6-11)17(19)20/h1-10,18H/b15-9-,16-10-. The number of hydrogen-bond donors (Lipinski definition) is 1. The number of hydrogen-bond acceptors (Lipinski definition) is 5. The highest BCUT2D eigenvalue weighted by Crippen LogP contribution is 2.13. The van der Waals surface area contributed by atoms with E-state index in [2.05, 4.69) is 10.2 Å². The second kappa shape index (κ2) is 6.24. The molecule has 0 bridgehead atoms. The molecule has 2 rings (SSSR count). The highest BCUT2D eigenvalue weighted by molar-refractivity contribution is 5.84. The van der Waals surface area contributed by atoms with Crippen LogP contribution in [-0.4, -0.2) is 22.5 Å². The average Bonchev–Trinajstić information content (AvgIpc) is 2.46. The quantitative estimate of drug-likeness (QED) is 0.525. The molecular formula is C14H11N3O3. The van der Waals surface area contributed by atoms with Gasteiger partial charge in [0.1, 0.15) is 5.75 Å². The summed E-state index contributed by atoms with van der Waals surface area (Å²) in [6.07, 6.45) is 2.90. The Morgan fingerprint density at radius 1 is 1.00 bits per heavy atom. The van der Waals surface area contributed by atoms with Gasteiger partial charge in [-0.3, -0.25) is 10.1 Å². The number of non-ortho nitro benzene ring substituents is 1. The summed E-state index contributed by atoms with van der Waals surface area (Å²) in [4.78, 5) is 10.0. The Morgan fingerprint density at radius 3 is 2.30 bits per heavy atom. The van der Waals surface area contributed by atoms with E-state index < -0.39 is 4.92 Å². The number of nitro benzene ring substituents is 1. The summed E-state index contributed by atoms with van der Waals surface area (Å²) in [5.74, 6) is 0.127. The van der Waals surface area contributed by atoms with Crippen LogP contribution >= 0.6 is 0 Å². The molecule has 20 heavy (non-hydrogen) atoms. The van der Waals surface area contributed by atoms with Crippen molar-refractivity contribution in [2.24, 2.45) is 10.2 Å². The van der Waals surface area contributed by atoms with Crippen LogP contribution in [-0.2, 0) is 0 Å². The third-order valence-electron chi connectivity index (χ3n) is 2.51. The van der Waals surface area contributed by atoms with E-state index in [4.69, 9.17) is 0 Å². The zero-order valence-corrected chi connectivity index (χ0v) is 10.4. The van der Waals surface area contributed by atoms with E-state index in [0.29, 0.717) is 11.1 Å². The molecule has 0 aromatic heterocycles. The van der Waals surface area contributed by atoms with Gasteiger partial charge in [-0.15, -0.1) is 0 Å². The van der Waals surface area contributed by atoms with Gasteiger partial charge in [-0.1, -0.05) is 12.1 Å². The van der Waals surface area contributed by atoms with Crippen molar-refractivity contribution in [2.45, 2.75) is 0 Å². The fourth-order valence-electron chi connectivity index (χ4n) is 1.47. The molecule has 0 saturated heterocycles. The lowest BCUT2D eigenvalue weighted by Crippen LogP contribution is -1.88. The topological polar surface area (TPSA) is 88.1 Å². The lowest BCUT2D eigenvalue weighted by molar-refractivity contribution is -0.384. The zero-order chi connectivity index (χ0) is 14.4. The average molecular weight is 269 g/mol. The summed E-state index contributed by atoms with van der Waals surface area (Å²) in [6.45, 7) is 0. The summed E-state index contributed by atoms with van der Waals surface area (Å²) in [5.41, 5.74) is 1.29. The molecule has 0 radical (unpaired) electrons. The molecule has 0 amide bonds. The molecule has 0 saturated carbocycles. The Labute approximate surface area is 114 Å². The fraction of sp³-hybridized carbons (Fsp3) is 0. The van der Waals surface area contributed by atoms with Crippen LogP contribution in [0.5, 0.6) is 5.75 Å². The van der Waals surface area contributed by atoms with E-state index in [1.165, 1.54) is 24.6 Å². The van der Waals surface area contributed by atoms with Gasteiger partial charge >= 0.3 is 0 Å². The molecule has 100 valence electrons. The minimum atomic E-state index is -0.461. The maximum atomic E-state index is 10.5. The van der Waals surface area contributed by atoms with E-state index in [-0.39, 0.29) is 11.4 Å². The molecule has 6 nitrogen and oxygen atoms in total. The van der Waals surface area contributed by atoms with Crippen LogP contribution in [0, 0.1) is 10.1 Å². The molecule has 2 aromatic carbocycles. The predicted molar refractivity (Wildman–Crippen MR) is 76.4 cm³/mol. The van der Waals surface area contributed by atoms with Gasteiger partial charge in [0.05, 0.1) is 17.4 Å². The Hall–Kier alpha value is -3.02. The van der Waals surface area contributed by atoms with Crippen LogP contribution in [0.3, 0.4) is 0 Å². The Morgan fingerprint density at radius 2 is 1.65 bits per heavy atom. The summed E-state index contributed by atoms with van der Waals surface area (Å²) < 4.78 is 0. The smallest absolute Gasteiger partial charge is 0.269 e. The molecule has 0 aliphatic heterocycles. The minimum Gasteiger partial charge on any atom is -0.507 e. The van der Waals surface area contributed by atoms with Crippen LogP contribution < -0.4 is 0 Å². The van der Waals surface area contributed by atoms with Crippen LogP contribution in [0.1, 0.15) is 11.1 Å². The van der Waals surface area contributed by atoms with Gasteiger partial charge in [0.2, 0.25) is 0 Å². The van der Waals surface area contributed by atoms with Crippen molar-refractivity contribution < 1.29 is 10.0 Å². The first-order valence-corrected chi connectivity index (χ1v) is 5.75. The third kappa shape index (κ3) is 3.49. The van der Waals surface area contributed by atoms with Crippen LogP contribution in [0.2, 0.25) is 0 Å². The number of nitrogens with zero attached hydrogens (tertiary/aromatic N) is 3. The monoisotopic (exact) mass is 269 g/mol. The molecule has 0 heterocycles. The van der Waals surface area contributed by atoms with Crippen molar-refractivity contribution in [1.29, 1.82) is 0 Å². The third-order valence-corrected chi connectivity index (χ3v) is 2.51. The van der Waals surface area contributed by atoms with Crippen LogP contribution in [0.25, 0.3) is 0 Å². The molecule has 0 fully saturated rings. The van der Waals surface area contributed by atoms with Gasteiger partial charge in [0, 0.05) is 17.7 Å². The number of nitro groups is 1. The van der Waals surface area contributed by atoms with Gasteiger partial charge in [0.15, 0.2) is 0 Å². The first kappa shape index (κ1) is 13.4. The van der Waals surface area contributed by atoms with Crippen molar-refractivity contribution >= 4 is 18.1 Å². The highest BCUT2D eigenvalue weighted by atomic mass is 16.6. The van der Waals surface area contributed by atoms with Gasteiger partial charge in [-0.2, -0.15) is 10.2 Å². The van der Waals surface area contributed by atoms with Crippen molar-refractivity contribution in [3.05, 3.63) is 69.8 Å². The second-order valence-electron chi connectivity index (χ2n) is 3.90. The second-order valence-corrected chi connectivity index (χ2v) is 3.90. The number of benzene rings is 2. The first-order chi connectivity index (χ1) is 9.66. The lowest BCUT2D eigenvalue weighted by Gasteiger charge is -1.94. The molecule has 0 unspecified atom stereocenters. The lowest BCUT2D eigenvalue weighted by atomic mass is 10.2. The van der Waals surface area contributed by atoms with Crippen molar-refractivity contribution in [3.8, 4) is 5.75 Å². The number of aromatic hydroxyl groups is 1. The number of para-hydroxylation sites is 1. The van der Waals surface area contributed by atoms with Crippen molar-refractivity contribution in [2.75, 3.05) is 0 Å². The molecule has 0 aliphatic carbocycles. The number of phenolic OH excluding ortho intramolecular Hbond substituents is 1. The first-order valence-electron chi connectivity index (χ1n) is 5.75. The van der Waals surface area contributed by atoms with E-state index in [0.717, 1.165) is 0 Å². The van der Waals surface area contributed by atoms with Crippen LogP contribution in [0.4, 0.5) is 5.69 Å². The van der Waals surface area contributed by atoms with E-state index >= 15 is 0 Å². The molecular weight excluding hydrogens is 258 g/mol. The Balaban J connectivity index is 2.03. The largest absolute Gasteiger partial charge is 0.507 e. The van der Waals surface area contributed by atoms with Crippen molar-refractivity contribution in [1.82, 2.24) is 0 Å². The Kier molecular flexibility index (Phi) is 4.18. The number of phenols is 1. The summed E-state index contributed by atoms with van der Waals surface area (Å²) >= 11 is 0. The number of rotatable bonds is 4. The minimum absolute atomic E-state index is 0.0276.